The van der Waals surface area contributed by atoms with Crippen LogP contribution in [0.4, 0.5) is 4.79 Å². The van der Waals surface area contributed by atoms with E-state index in [1.807, 2.05) is 44.2 Å². The van der Waals surface area contributed by atoms with Gasteiger partial charge in [0.1, 0.15) is 0 Å². The molecule has 0 bridgehead atoms. The van der Waals surface area contributed by atoms with Crippen LogP contribution in [0.15, 0.2) is 30.3 Å². The van der Waals surface area contributed by atoms with Crippen LogP contribution in [0.25, 0.3) is 0 Å². The molecular weight excluding hydrogens is 204 g/mol. The molecule has 2 atom stereocenters. The standard InChI is InChI=1S/C12H18N2O2/c1-9(13)10(2)14(12(15)16)8-11-6-4-3-5-7-11/h3-7,9-10H,8,13H2,1-2H3,(H,15,16)/t9?,10-/m0/s1. The first kappa shape index (κ1) is 12.5. The largest absolute Gasteiger partial charge is 0.465 e. The van der Waals surface area contributed by atoms with Crippen LogP contribution < -0.4 is 5.73 Å². The lowest BCUT2D eigenvalue weighted by molar-refractivity contribution is 0.118. The van der Waals surface area contributed by atoms with Crippen molar-refractivity contribution in [1.82, 2.24) is 4.90 Å². The average Bonchev–Trinajstić information content (AvgIpc) is 2.26. The third kappa shape index (κ3) is 3.24. The Hall–Kier alpha value is -1.55. The maximum atomic E-state index is 11.1. The van der Waals surface area contributed by atoms with Gasteiger partial charge < -0.3 is 10.8 Å². The molecule has 0 aliphatic heterocycles. The van der Waals surface area contributed by atoms with Gasteiger partial charge in [0.15, 0.2) is 0 Å². The van der Waals surface area contributed by atoms with Crippen molar-refractivity contribution in [2.45, 2.75) is 32.5 Å². The zero-order chi connectivity index (χ0) is 12.1. The van der Waals surface area contributed by atoms with Gasteiger partial charge in [-0.1, -0.05) is 30.3 Å². The Morgan fingerprint density at radius 3 is 2.38 bits per heavy atom. The summed E-state index contributed by atoms with van der Waals surface area (Å²) in [5.74, 6) is 0. The van der Waals surface area contributed by atoms with Gasteiger partial charge in [0.05, 0.1) is 0 Å². The fourth-order valence-electron chi connectivity index (χ4n) is 1.45. The van der Waals surface area contributed by atoms with E-state index in [4.69, 9.17) is 10.8 Å². The molecule has 0 radical (unpaired) electrons. The summed E-state index contributed by atoms with van der Waals surface area (Å²) in [5.41, 5.74) is 6.69. The first-order valence-corrected chi connectivity index (χ1v) is 5.31. The molecule has 0 aliphatic rings. The van der Waals surface area contributed by atoms with Crippen molar-refractivity contribution in [3.8, 4) is 0 Å². The second kappa shape index (κ2) is 5.51. The molecule has 0 saturated heterocycles. The second-order valence-corrected chi connectivity index (χ2v) is 4.00. The van der Waals surface area contributed by atoms with Crippen LogP contribution in [0.1, 0.15) is 19.4 Å². The van der Waals surface area contributed by atoms with Crippen molar-refractivity contribution in [1.29, 1.82) is 0 Å². The van der Waals surface area contributed by atoms with Crippen LogP contribution in [0.5, 0.6) is 0 Å². The van der Waals surface area contributed by atoms with Gasteiger partial charge in [0, 0.05) is 18.6 Å². The third-order valence-corrected chi connectivity index (χ3v) is 2.69. The molecule has 1 aromatic rings. The molecule has 0 heterocycles. The molecule has 4 heteroatoms. The van der Waals surface area contributed by atoms with Gasteiger partial charge in [-0.15, -0.1) is 0 Å². The van der Waals surface area contributed by atoms with Gasteiger partial charge in [-0.2, -0.15) is 0 Å². The number of amides is 1. The van der Waals surface area contributed by atoms with Gasteiger partial charge in [-0.05, 0) is 19.4 Å². The van der Waals surface area contributed by atoms with E-state index >= 15 is 0 Å². The lowest BCUT2D eigenvalue weighted by atomic mass is 10.1. The van der Waals surface area contributed by atoms with Crippen LogP contribution in [-0.4, -0.2) is 28.2 Å². The summed E-state index contributed by atoms with van der Waals surface area (Å²) in [6.45, 7) is 4.01. The number of rotatable bonds is 4. The van der Waals surface area contributed by atoms with Gasteiger partial charge >= 0.3 is 6.09 Å². The Labute approximate surface area is 95.7 Å². The molecule has 0 saturated carbocycles. The normalized spacial score (nSPS) is 14.2. The molecule has 1 rings (SSSR count). The molecule has 0 aliphatic carbocycles. The highest BCUT2D eigenvalue weighted by Crippen LogP contribution is 2.10. The highest BCUT2D eigenvalue weighted by molar-refractivity contribution is 5.65. The summed E-state index contributed by atoms with van der Waals surface area (Å²) in [5, 5.41) is 9.12. The number of hydrogen-bond acceptors (Lipinski definition) is 2. The summed E-state index contributed by atoms with van der Waals surface area (Å²) in [7, 11) is 0. The van der Waals surface area contributed by atoms with Crippen molar-refractivity contribution >= 4 is 6.09 Å². The summed E-state index contributed by atoms with van der Waals surface area (Å²) in [6.07, 6.45) is -0.936. The average molecular weight is 222 g/mol. The quantitative estimate of drug-likeness (QED) is 0.817. The van der Waals surface area contributed by atoms with Crippen LogP contribution in [0, 0.1) is 0 Å². The molecule has 16 heavy (non-hydrogen) atoms. The highest BCUT2D eigenvalue weighted by atomic mass is 16.4. The number of benzene rings is 1. The smallest absolute Gasteiger partial charge is 0.407 e. The summed E-state index contributed by atoms with van der Waals surface area (Å²) < 4.78 is 0. The Balaban J connectivity index is 2.77. The number of hydrogen-bond donors (Lipinski definition) is 2. The van der Waals surface area contributed by atoms with Crippen LogP contribution >= 0.6 is 0 Å². The number of nitrogens with two attached hydrogens (primary N) is 1. The van der Waals surface area contributed by atoms with E-state index in [9.17, 15) is 4.79 Å². The Bertz CT molecular complexity index is 338. The fourth-order valence-corrected chi connectivity index (χ4v) is 1.45. The van der Waals surface area contributed by atoms with Gasteiger partial charge in [0.25, 0.3) is 0 Å². The van der Waals surface area contributed by atoms with Gasteiger partial charge in [-0.25, -0.2) is 4.79 Å². The molecule has 0 fully saturated rings. The first-order chi connectivity index (χ1) is 7.52. The van der Waals surface area contributed by atoms with Crippen molar-refractivity contribution < 1.29 is 9.90 Å². The number of nitrogens with zero attached hydrogens (tertiary/aromatic N) is 1. The van der Waals surface area contributed by atoms with E-state index < -0.39 is 6.09 Å². The van der Waals surface area contributed by atoms with Crippen molar-refractivity contribution in [2.24, 2.45) is 5.73 Å². The highest BCUT2D eigenvalue weighted by Gasteiger charge is 2.22. The Morgan fingerprint density at radius 2 is 1.94 bits per heavy atom. The monoisotopic (exact) mass is 222 g/mol. The van der Waals surface area contributed by atoms with Crippen LogP contribution in [-0.2, 0) is 6.54 Å². The molecule has 1 unspecified atom stereocenters. The number of carbonyl (C=O) groups is 1. The molecular formula is C12H18N2O2. The molecule has 0 spiro atoms. The molecule has 1 amide bonds. The zero-order valence-electron chi connectivity index (χ0n) is 9.63. The molecule has 3 N–H and O–H groups in total. The lowest BCUT2D eigenvalue weighted by Crippen LogP contribution is -2.46. The van der Waals surface area contributed by atoms with Crippen molar-refractivity contribution in [2.75, 3.05) is 0 Å². The minimum absolute atomic E-state index is 0.181. The molecule has 0 aromatic heterocycles. The Morgan fingerprint density at radius 1 is 1.38 bits per heavy atom. The summed E-state index contributed by atoms with van der Waals surface area (Å²) in [6, 6.07) is 9.13. The maximum absolute atomic E-state index is 11.1. The van der Waals surface area contributed by atoms with Crippen LogP contribution in [0.2, 0.25) is 0 Å². The zero-order valence-corrected chi connectivity index (χ0v) is 9.63. The maximum Gasteiger partial charge on any atom is 0.407 e. The molecule has 4 nitrogen and oxygen atoms in total. The molecule has 88 valence electrons. The summed E-state index contributed by atoms with van der Waals surface area (Å²) in [4.78, 5) is 12.5. The number of carboxylic acid groups (broad SMARTS) is 1. The Kier molecular flexibility index (Phi) is 4.31. The predicted octanol–water partition coefficient (Wildman–Crippen LogP) is 1.90. The van der Waals surface area contributed by atoms with Gasteiger partial charge in [-0.3, -0.25) is 4.90 Å². The summed E-state index contributed by atoms with van der Waals surface area (Å²) >= 11 is 0. The minimum atomic E-state index is -0.936. The van der Waals surface area contributed by atoms with E-state index in [0.717, 1.165) is 5.56 Å². The van der Waals surface area contributed by atoms with E-state index in [1.54, 1.807) is 0 Å². The van der Waals surface area contributed by atoms with Crippen LogP contribution in [0.3, 0.4) is 0 Å². The predicted molar refractivity (Wildman–Crippen MR) is 63.1 cm³/mol. The SMILES string of the molecule is CC(N)[C@H](C)N(Cc1ccccc1)C(=O)O. The van der Waals surface area contributed by atoms with Gasteiger partial charge in [0.2, 0.25) is 0 Å². The fraction of sp³-hybridized carbons (Fsp3) is 0.417. The van der Waals surface area contributed by atoms with E-state index in [2.05, 4.69) is 0 Å². The second-order valence-electron chi connectivity index (χ2n) is 4.00. The lowest BCUT2D eigenvalue weighted by Gasteiger charge is -2.29. The van der Waals surface area contributed by atoms with E-state index in [0.29, 0.717) is 6.54 Å². The molecule has 1 aromatic carbocycles. The first-order valence-electron chi connectivity index (χ1n) is 5.31. The van der Waals surface area contributed by atoms with Crippen molar-refractivity contribution in [3.05, 3.63) is 35.9 Å². The third-order valence-electron chi connectivity index (χ3n) is 2.69. The topological polar surface area (TPSA) is 66.6 Å². The van der Waals surface area contributed by atoms with E-state index in [1.165, 1.54) is 4.90 Å². The van der Waals surface area contributed by atoms with E-state index in [-0.39, 0.29) is 12.1 Å². The minimum Gasteiger partial charge on any atom is -0.465 e. The van der Waals surface area contributed by atoms with Crippen molar-refractivity contribution in [3.63, 3.8) is 0 Å².